The molecule has 0 aliphatic carbocycles. The van der Waals surface area contributed by atoms with Crippen molar-refractivity contribution in [3.05, 3.63) is 64.4 Å². The van der Waals surface area contributed by atoms with E-state index >= 15 is 0 Å². The molecule has 0 saturated carbocycles. The quantitative estimate of drug-likeness (QED) is 0.548. The molecule has 6 nitrogen and oxygen atoms in total. The van der Waals surface area contributed by atoms with Crippen LogP contribution in [0, 0.1) is 0 Å². The number of amides is 1. The molecule has 31 heavy (non-hydrogen) atoms. The minimum Gasteiger partial charge on any atom is -0.497 e. The zero-order valence-corrected chi connectivity index (χ0v) is 18.9. The lowest BCUT2D eigenvalue weighted by Crippen LogP contribution is -2.23. The zero-order chi connectivity index (χ0) is 22.0. The van der Waals surface area contributed by atoms with Crippen LogP contribution in [-0.2, 0) is 14.6 Å². The number of methoxy groups -OCH3 is 1. The lowest BCUT2D eigenvalue weighted by molar-refractivity contribution is -0.116. The summed E-state index contributed by atoms with van der Waals surface area (Å²) in [7, 11) is -2.26. The van der Waals surface area contributed by atoms with Crippen LogP contribution in [0.25, 0.3) is 0 Å². The number of nitrogens with one attached hydrogen (secondary N) is 1. The number of fused-ring (bicyclic) bond motifs is 1. The number of carbonyl (C=O) groups excluding carboxylic acids is 1. The molecule has 1 atom stereocenters. The number of hydrogen-bond acceptors (Lipinski definition) is 6. The predicted molar refractivity (Wildman–Crippen MR) is 120 cm³/mol. The van der Waals surface area contributed by atoms with Crippen LogP contribution in [0.3, 0.4) is 0 Å². The van der Waals surface area contributed by atoms with E-state index < -0.39 is 9.84 Å². The molecule has 0 saturated heterocycles. The van der Waals surface area contributed by atoms with Gasteiger partial charge in [0.1, 0.15) is 16.4 Å². The summed E-state index contributed by atoms with van der Waals surface area (Å²) in [5, 5.41) is 4.40. The molecule has 0 fully saturated rings. The van der Waals surface area contributed by atoms with E-state index in [1.54, 1.807) is 17.5 Å². The molecule has 0 unspecified atom stereocenters. The Hall–Kier alpha value is -2.84. The molecule has 1 N–H and O–H groups in total. The molecular weight excluding hydrogens is 434 g/mol. The van der Waals surface area contributed by atoms with Crippen LogP contribution in [0.2, 0.25) is 0 Å². The van der Waals surface area contributed by atoms with Crippen LogP contribution in [0.1, 0.15) is 36.1 Å². The predicted octanol–water partition coefficient (Wildman–Crippen LogP) is 4.85. The monoisotopic (exact) mass is 457 g/mol. The maximum atomic E-state index is 13.3. The smallest absolute Gasteiger partial charge is 0.225 e. The van der Waals surface area contributed by atoms with E-state index in [-0.39, 0.29) is 28.0 Å². The van der Waals surface area contributed by atoms with Crippen LogP contribution in [-0.4, -0.2) is 28.0 Å². The highest BCUT2D eigenvalue weighted by atomic mass is 32.2. The number of anilines is 1. The first-order valence-electron chi connectivity index (χ1n) is 9.97. The Labute approximate surface area is 185 Å². The van der Waals surface area contributed by atoms with Crippen LogP contribution in [0.15, 0.2) is 63.7 Å². The lowest BCUT2D eigenvalue weighted by Gasteiger charge is -2.24. The SMILES string of the molecule is CCCOc1ccc([C@H]2CC(=O)Nc3c(S(=O)(=O)c4ccc(OC)cc4)csc32)cc1. The Balaban J connectivity index is 1.69. The maximum absolute atomic E-state index is 13.3. The van der Waals surface area contributed by atoms with E-state index in [2.05, 4.69) is 5.32 Å². The van der Waals surface area contributed by atoms with Crippen molar-refractivity contribution in [2.24, 2.45) is 0 Å². The van der Waals surface area contributed by atoms with Gasteiger partial charge >= 0.3 is 0 Å². The van der Waals surface area contributed by atoms with Gasteiger partial charge in [-0.25, -0.2) is 8.42 Å². The minimum absolute atomic E-state index is 0.124. The van der Waals surface area contributed by atoms with Crippen LogP contribution in [0.5, 0.6) is 11.5 Å². The number of hydrogen-bond donors (Lipinski definition) is 1. The third-order valence-corrected chi connectivity index (χ3v) is 8.21. The number of ether oxygens (including phenoxy) is 2. The summed E-state index contributed by atoms with van der Waals surface area (Å²) in [6.45, 7) is 2.69. The Morgan fingerprint density at radius 3 is 2.39 bits per heavy atom. The van der Waals surface area contributed by atoms with E-state index in [0.717, 1.165) is 22.6 Å². The van der Waals surface area contributed by atoms with Gasteiger partial charge in [0.05, 0.1) is 24.3 Å². The molecule has 1 aliphatic rings. The van der Waals surface area contributed by atoms with Crippen molar-refractivity contribution in [1.82, 2.24) is 0 Å². The van der Waals surface area contributed by atoms with Gasteiger partial charge in [0, 0.05) is 22.6 Å². The Kier molecular flexibility index (Phi) is 6.02. The second kappa shape index (κ2) is 8.72. The van der Waals surface area contributed by atoms with Crippen molar-refractivity contribution in [2.75, 3.05) is 19.0 Å². The largest absolute Gasteiger partial charge is 0.497 e. The van der Waals surface area contributed by atoms with Gasteiger partial charge in [-0.1, -0.05) is 19.1 Å². The van der Waals surface area contributed by atoms with Crippen molar-refractivity contribution in [3.8, 4) is 11.5 Å². The van der Waals surface area contributed by atoms with Crippen LogP contribution in [0.4, 0.5) is 5.69 Å². The van der Waals surface area contributed by atoms with E-state index in [1.165, 1.54) is 30.6 Å². The van der Waals surface area contributed by atoms with Gasteiger partial charge in [0.15, 0.2) is 0 Å². The first-order valence-corrected chi connectivity index (χ1v) is 12.3. The molecular formula is C23H23NO5S2. The first-order chi connectivity index (χ1) is 14.9. The molecule has 2 aromatic carbocycles. The highest BCUT2D eigenvalue weighted by molar-refractivity contribution is 7.91. The molecule has 1 amide bonds. The molecule has 1 aliphatic heterocycles. The molecule has 1 aromatic heterocycles. The summed E-state index contributed by atoms with van der Waals surface area (Å²) >= 11 is 1.35. The summed E-state index contributed by atoms with van der Waals surface area (Å²) < 4.78 is 37.3. The molecule has 2 heterocycles. The fourth-order valence-electron chi connectivity index (χ4n) is 3.57. The second-order valence-electron chi connectivity index (χ2n) is 7.24. The summed E-state index contributed by atoms with van der Waals surface area (Å²) in [5.74, 6) is 0.952. The highest BCUT2D eigenvalue weighted by Gasteiger charge is 2.34. The average molecular weight is 458 g/mol. The van der Waals surface area contributed by atoms with Gasteiger partial charge in [-0.05, 0) is 48.4 Å². The van der Waals surface area contributed by atoms with Crippen molar-refractivity contribution in [1.29, 1.82) is 0 Å². The van der Waals surface area contributed by atoms with Gasteiger partial charge in [0.2, 0.25) is 15.7 Å². The number of benzene rings is 2. The molecule has 0 radical (unpaired) electrons. The second-order valence-corrected chi connectivity index (χ2v) is 10.1. The molecule has 162 valence electrons. The van der Waals surface area contributed by atoms with Gasteiger partial charge in [-0.15, -0.1) is 11.3 Å². The third-order valence-electron chi connectivity index (χ3n) is 5.17. The van der Waals surface area contributed by atoms with Crippen molar-refractivity contribution >= 4 is 32.8 Å². The normalized spacial score (nSPS) is 15.8. The number of thiophene rings is 1. The van der Waals surface area contributed by atoms with Gasteiger partial charge in [-0.3, -0.25) is 4.79 Å². The molecule has 0 bridgehead atoms. The van der Waals surface area contributed by atoms with Gasteiger partial charge < -0.3 is 14.8 Å². The zero-order valence-electron chi connectivity index (χ0n) is 17.3. The number of rotatable bonds is 7. The fraction of sp³-hybridized carbons (Fsp3) is 0.261. The summed E-state index contributed by atoms with van der Waals surface area (Å²) in [6.07, 6.45) is 1.19. The van der Waals surface area contributed by atoms with E-state index in [0.29, 0.717) is 18.0 Å². The van der Waals surface area contributed by atoms with E-state index in [9.17, 15) is 13.2 Å². The Morgan fingerprint density at radius 2 is 1.74 bits per heavy atom. The van der Waals surface area contributed by atoms with Crippen LogP contribution >= 0.6 is 11.3 Å². The average Bonchev–Trinajstić information content (AvgIpc) is 3.22. The Morgan fingerprint density at radius 1 is 1.06 bits per heavy atom. The van der Waals surface area contributed by atoms with Crippen molar-refractivity contribution in [3.63, 3.8) is 0 Å². The molecule has 0 spiro atoms. The number of carbonyl (C=O) groups is 1. The number of sulfone groups is 1. The summed E-state index contributed by atoms with van der Waals surface area (Å²) in [6, 6.07) is 13.9. The molecule has 3 aromatic rings. The first kappa shape index (κ1) is 21.4. The molecule has 4 rings (SSSR count). The van der Waals surface area contributed by atoms with Crippen LogP contribution < -0.4 is 14.8 Å². The van der Waals surface area contributed by atoms with Crippen molar-refractivity contribution < 1.29 is 22.7 Å². The summed E-state index contributed by atoms with van der Waals surface area (Å²) in [4.78, 5) is 13.6. The standard InChI is InChI=1S/C23H23NO5S2/c1-3-12-29-17-6-4-15(5-7-17)19-13-21(25)24-22-20(14-30-23(19)22)31(26,27)18-10-8-16(28-2)9-11-18/h4-11,14,19H,3,12-13H2,1-2H3,(H,24,25)/t19-/m1/s1. The van der Waals surface area contributed by atoms with Crippen molar-refractivity contribution in [2.45, 2.75) is 35.5 Å². The summed E-state index contributed by atoms with van der Waals surface area (Å²) in [5.41, 5.74) is 1.34. The van der Waals surface area contributed by atoms with Gasteiger partial charge in [0.25, 0.3) is 0 Å². The lowest BCUT2D eigenvalue weighted by atomic mass is 9.90. The fourth-order valence-corrected chi connectivity index (χ4v) is 6.48. The maximum Gasteiger partial charge on any atom is 0.225 e. The highest BCUT2D eigenvalue weighted by Crippen LogP contribution is 2.46. The third kappa shape index (κ3) is 4.18. The van der Waals surface area contributed by atoms with E-state index in [1.807, 2.05) is 31.2 Å². The topological polar surface area (TPSA) is 81.7 Å². The Bertz CT molecular complexity index is 1180. The van der Waals surface area contributed by atoms with E-state index in [4.69, 9.17) is 9.47 Å². The molecule has 8 heteroatoms. The minimum atomic E-state index is -3.79. The van der Waals surface area contributed by atoms with Gasteiger partial charge in [-0.2, -0.15) is 0 Å².